The van der Waals surface area contributed by atoms with Crippen LogP contribution in [0.1, 0.15) is 24.8 Å². The maximum atomic E-state index is 12.4. The van der Waals surface area contributed by atoms with Crippen molar-refractivity contribution in [3.05, 3.63) is 29.8 Å². The topological polar surface area (TPSA) is 99.7 Å². The molecule has 2 aliphatic rings. The summed E-state index contributed by atoms with van der Waals surface area (Å²) in [6, 6.07) is 6.74. The number of hydrogen-bond donors (Lipinski definition) is 2. The number of rotatable bonds is 3. The van der Waals surface area contributed by atoms with Crippen molar-refractivity contribution in [1.82, 2.24) is 4.90 Å². The minimum Gasteiger partial charge on any atom is -0.434 e. The molecule has 1 unspecified atom stereocenters. The number of cyclic esters (lactones) is 1. The Hall–Kier alpha value is -2.57. The van der Waals surface area contributed by atoms with Gasteiger partial charge in [0.2, 0.25) is 0 Å². The number of likely N-dealkylation sites (tertiary alicyclic amines) is 1. The number of anilines is 1. The van der Waals surface area contributed by atoms with Crippen LogP contribution in [0, 0.1) is 5.41 Å². The molecule has 0 bridgehead atoms. The second-order valence-electron chi connectivity index (χ2n) is 5.83. The Morgan fingerprint density at radius 3 is 2.43 bits per heavy atom. The molecule has 2 heterocycles. The Balaban J connectivity index is 1.69. The Labute approximate surface area is 134 Å². The number of hydrogen-bond acceptors (Lipinski definition) is 4. The molecular weight excluding hydrogens is 296 g/mol. The van der Waals surface area contributed by atoms with Crippen LogP contribution in [0.15, 0.2) is 24.3 Å². The van der Waals surface area contributed by atoms with Crippen molar-refractivity contribution in [2.75, 3.05) is 24.5 Å². The van der Waals surface area contributed by atoms with Gasteiger partial charge < -0.3 is 15.4 Å². The van der Waals surface area contributed by atoms with Crippen LogP contribution >= 0.6 is 0 Å². The lowest BCUT2D eigenvalue weighted by Crippen LogP contribution is -2.43. The average molecular weight is 316 g/mol. The first-order chi connectivity index (χ1) is 11.1. The van der Waals surface area contributed by atoms with E-state index in [4.69, 9.17) is 15.9 Å². The molecule has 3 rings (SSSR count). The van der Waals surface area contributed by atoms with Crippen LogP contribution in [0.5, 0.6) is 0 Å². The summed E-state index contributed by atoms with van der Waals surface area (Å²) >= 11 is 0. The molecule has 0 saturated carbocycles. The Kier molecular flexibility index (Phi) is 4.18. The monoisotopic (exact) mass is 316 g/mol. The number of benzene rings is 1. The quantitative estimate of drug-likeness (QED) is 0.648. The molecule has 0 spiro atoms. The highest BCUT2D eigenvalue weighted by Crippen LogP contribution is 2.23. The Morgan fingerprint density at radius 1 is 1.17 bits per heavy atom. The second-order valence-corrected chi connectivity index (χ2v) is 5.83. The molecule has 2 amide bonds. The highest BCUT2D eigenvalue weighted by molar-refractivity contribution is 5.97. The third-order valence-electron chi connectivity index (χ3n) is 4.25. The van der Waals surface area contributed by atoms with Gasteiger partial charge in [-0.05, 0) is 43.5 Å². The molecule has 0 aromatic heterocycles. The summed E-state index contributed by atoms with van der Waals surface area (Å²) in [4.78, 5) is 27.7. The highest BCUT2D eigenvalue weighted by Gasteiger charge is 2.39. The molecule has 23 heavy (non-hydrogen) atoms. The van der Waals surface area contributed by atoms with Crippen molar-refractivity contribution >= 4 is 23.5 Å². The third-order valence-corrected chi connectivity index (χ3v) is 4.25. The summed E-state index contributed by atoms with van der Waals surface area (Å²) in [5.41, 5.74) is 6.64. The second kappa shape index (κ2) is 6.28. The van der Waals surface area contributed by atoms with Crippen molar-refractivity contribution < 1.29 is 14.3 Å². The molecule has 1 aromatic carbocycles. The fourth-order valence-electron chi connectivity index (χ4n) is 2.94. The molecule has 7 heteroatoms. The van der Waals surface area contributed by atoms with E-state index in [9.17, 15) is 9.59 Å². The summed E-state index contributed by atoms with van der Waals surface area (Å²) in [6.45, 7) is 1.69. The standard InChI is InChI=1S/C16H20N4O3/c17-14(18)11-4-6-12(7-5-11)20-10-13(23-16(20)22)15(21)19-8-2-1-3-9-19/h4-7,13H,1-3,8-10H2,(H3,17,18). The number of piperidine rings is 1. The van der Waals surface area contributed by atoms with Gasteiger partial charge in [0.15, 0.2) is 6.10 Å². The molecule has 0 radical (unpaired) electrons. The van der Waals surface area contributed by atoms with E-state index in [0.29, 0.717) is 11.3 Å². The molecule has 122 valence electrons. The van der Waals surface area contributed by atoms with Gasteiger partial charge in [0.1, 0.15) is 5.84 Å². The van der Waals surface area contributed by atoms with Gasteiger partial charge in [-0.1, -0.05) is 0 Å². The zero-order valence-corrected chi connectivity index (χ0v) is 12.8. The van der Waals surface area contributed by atoms with Crippen LogP contribution in [0.3, 0.4) is 0 Å². The number of carbonyl (C=O) groups is 2. The molecule has 3 N–H and O–H groups in total. The first kappa shape index (κ1) is 15.3. The minimum absolute atomic E-state index is 0.0290. The van der Waals surface area contributed by atoms with E-state index >= 15 is 0 Å². The molecular formula is C16H20N4O3. The molecule has 2 aliphatic heterocycles. The molecule has 1 aromatic rings. The van der Waals surface area contributed by atoms with Crippen LogP contribution in [0.2, 0.25) is 0 Å². The van der Waals surface area contributed by atoms with Crippen molar-refractivity contribution in [2.45, 2.75) is 25.4 Å². The maximum Gasteiger partial charge on any atom is 0.415 e. The molecule has 2 fully saturated rings. The first-order valence-corrected chi connectivity index (χ1v) is 7.77. The van der Waals surface area contributed by atoms with Gasteiger partial charge in [-0.15, -0.1) is 0 Å². The van der Waals surface area contributed by atoms with E-state index in [1.165, 1.54) is 4.90 Å². The minimum atomic E-state index is -0.743. The van der Waals surface area contributed by atoms with Gasteiger partial charge in [0.05, 0.1) is 6.54 Å². The lowest BCUT2D eigenvalue weighted by Gasteiger charge is -2.28. The number of nitrogen functional groups attached to an aromatic ring is 1. The number of nitrogens with zero attached hydrogens (tertiary/aromatic N) is 2. The normalized spacial score (nSPS) is 21.2. The van der Waals surface area contributed by atoms with Crippen LogP contribution in [-0.2, 0) is 9.53 Å². The van der Waals surface area contributed by atoms with Gasteiger partial charge >= 0.3 is 6.09 Å². The molecule has 7 nitrogen and oxygen atoms in total. The van der Waals surface area contributed by atoms with E-state index in [2.05, 4.69) is 0 Å². The smallest absolute Gasteiger partial charge is 0.415 e. The molecule has 1 atom stereocenters. The van der Waals surface area contributed by atoms with Crippen molar-refractivity contribution in [1.29, 1.82) is 5.41 Å². The van der Waals surface area contributed by atoms with Gasteiger partial charge in [0, 0.05) is 24.3 Å². The van der Waals surface area contributed by atoms with Gasteiger partial charge in [0.25, 0.3) is 5.91 Å². The largest absolute Gasteiger partial charge is 0.434 e. The van der Waals surface area contributed by atoms with E-state index in [1.807, 2.05) is 0 Å². The predicted octanol–water partition coefficient (Wildman–Crippen LogP) is 1.31. The summed E-state index contributed by atoms with van der Waals surface area (Å²) < 4.78 is 5.25. The van der Waals surface area contributed by atoms with Crippen LogP contribution < -0.4 is 10.6 Å². The predicted molar refractivity (Wildman–Crippen MR) is 85.5 cm³/mol. The van der Waals surface area contributed by atoms with E-state index in [0.717, 1.165) is 32.4 Å². The fourth-order valence-corrected chi connectivity index (χ4v) is 2.94. The summed E-state index contributed by atoms with van der Waals surface area (Å²) in [5, 5.41) is 7.38. The van der Waals surface area contributed by atoms with Crippen LogP contribution in [0.4, 0.5) is 10.5 Å². The van der Waals surface area contributed by atoms with Crippen molar-refractivity contribution in [3.8, 4) is 0 Å². The zero-order valence-electron chi connectivity index (χ0n) is 12.8. The van der Waals surface area contributed by atoms with Crippen LogP contribution in [-0.4, -0.2) is 48.5 Å². The summed E-state index contributed by atoms with van der Waals surface area (Å²) in [7, 11) is 0. The summed E-state index contributed by atoms with van der Waals surface area (Å²) in [6.07, 6.45) is 1.89. The Morgan fingerprint density at radius 2 is 1.83 bits per heavy atom. The zero-order chi connectivity index (χ0) is 16.4. The number of nitrogens with one attached hydrogen (secondary N) is 1. The van der Waals surface area contributed by atoms with E-state index in [-0.39, 0.29) is 18.3 Å². The van der Waals surface area contributed by atoms with E-state index in [1.54, 1.807) is 29.2 Å². The maximum absolute atomic E-state index is 12.4. The number of amides is 2. The van der Waals surface area contributed by atoms with Crippen molar-refractivity contribution in [3.63, 3.8) is 0 Å². The van der Waals surface area contributed by atoms with Crippen molar-refractivity contribution in [2.24, 2.45) is 5.73 Å². The third kappa shape index (κ3) is 3.13. The van der Waals surface area contributed by atoms with Gasteiger partial charge in [-0.25, -0.2) is 4.79 Å². The molecule has 2 saturated heterocycles. The Bertz CT molecular complexity index is 623. The lowest BCUT2D eigenvalue weighted by molar-refractivity contribution is -0.139. The number of ether oxygens (including phenoxy) is 1. The number of nitrogens with two attached hydrogens (primary N) is 1. The highest BCUT2D eigenvalue weighted by atomic mass is 16.6. The van der Waals surface area contributed by atoms with Gasteiger partial charge in [-0.3, -0.25) is 15.1 Å². The lowest BCUT2D eigenvalue weighted by atomic mass is 10.1. The summed E-state index contributed by atoms with van der Waals surface area (Å²) in [5.74, 6) is -0.139. The number of amidine groups is 1. The fraction of sp³-hybridized carbons (Fsp3) is 0.438. The first-order valence-electron chi connectivity index (χ1n) is 7.77. The van der Waals surface area contributed by atoms with Gasteiger partial charge in [-0.2, -0.15) is 0 Å². The van der Waals surface area contributed by atoms with Crippen LogP contribution in [0.25, 0.3) is 0 Å². The van der Waals surface area contributed by atoms with E-state index < -0.39 is 12.2 Å². The number of carbonyl (C=O) groups excluding carboxylic acids is 2. The molecule has 0 aliphatic carbocycles. The SMILES string of the molecule is N=C(N)c1ccc(N2CC(C(=O)N3CCCCC3)OC2=O)cc1. The average Bonchev–Trinajstić information content (AvgIpc) is 2.97.